The SMILES string of the molecule is CCOc1ccc(N2C(=O)C(=Cc3ccc(N(C)C)cc3)C(=O)NC2=S)cc1. The number of hydrogen-bond donors (Lipinski definition) is 1. The standard InChI is InChI=1S/C21H21N3O3S/c1-4-27-17-11-9-16(10-12-17)24-20(26)18(19(25)22-21(24)28)13-14-5-7-15(8-6-14)23(2)3/h5-13H,4H2,1-3H3,(H,22,25,28). The van der Waals surface area contributed by atoms with E-state index in [2.05, 4.69) is 5.32 Å². The van der Waals surface area contributed by atoms with Crippen LogP contribution in [0.2, 0.25) is 0 Å². The number of nitrogens with zero attached hydrogens (tertiary/aromatic N) is 2. The van der Waals surface area contributed by atoms with Crippen LogP contribution in [0, 0.1) is 0 Å². The van der Waals surface area contributed by atoms with Gasteiger partial charge >= 0.3 is 0 Å². The average molecular weight is 395 g/mol. The van der Waals surface area contributed by atoms with Gasteiger partial charge in [0.05, 0.1) is 12.3 Å². The predicted molar refractivity (Wildman–Crippen MR) is 115 cm³/mol. The first-order valence-electron chi connectivity index (χ1n) is 8.82. The highest BCUT2D eigenvalue weighted by atomic mass is 32.1. The van der Waals surface area contributed by atoms with Gasteiger partial charge in [-0.3, -0.25) is 19.8 Å². The maximum Gasteiger partial charge on any atom is 0.270 e. The quantitative estimate of drug-likeness (QED) is 0.479. The minimum atomic E-state index is -0.506. The number of carbonyl (C=O) groups excluding carboxylic acids is 2. The number of ether oxygens (including phenoxy) is 1. The van der Waals surface area contributed by atoms with E-state index in [1.807, 2.05) is 50.2 Å². The number of carbonyl (C=O) groups is 2. The highest BCUT2D eigenvalue weighted by Gasteiger charge is 2.34. The molecular weight excluding hydrogens is 374 g/mol. The Bertz CT molecular complexity index is 934. The Morgan fingerprint density at radius 3 is 2.29 bits per heavy atom. The van der Waals surface area contributed by atoms with Gasteiger partial charge in [0.15, 0.2) is 5.11 Å². The van der Waals surface area contributed by atoms with Crippen LogP contribution >= 0.6 is 12.2 Å². The van der Waals surface area contributed by atoms with E-state index in [1.165, 1.54) is 4.90 Å². The summed E-state index contributed by atoms with van der Waals surface area (Å²) in [6.45, 7) is 2.45. The van der Waals surface area contributed by atoms with Crippen LogP contribution in [0.4, 0.5) is 11.4 Å². The summed E-state index contributed by atoms with van der Waals surface area (Å²) in [6.07, 6.45) is 1.57. The highest BCUT2D eigenvalue weighted by Crippen LogP contribution is 2.25. The predicted octanol–water partition coefficient (Wildman–Crippen LogP) is 2.98. The van der Waals surface area contributed by atoms with Crippen LogP contribution in [-0.4, -0.2) is 37.6 Å². The molecule has 0 aliphatic carbocycles. The lowest BCUT2D eigenvalue weighted by atomic mass is 10.1. The molecule has 144 valence electrons. The maximum absolute atomic E-state index is 13.0. The van der Waals surface area contributed by atoms with E-state index >= 15 is 0 Å². The van der Waals surface area contributed by atoms with Crippen LogP contribution in [0.1, 0.15) is 12.5 Å². The Balaban J connectivity index is 1.91. The molecule has 0 saturated carbocycles. The molecule has 3 rings (SSSR count). The summed E-state index contributed by atoms with van der Waals surface area (Å²) in [5.74, 6) is -0.272. The van der Waals surface area contributed by atoms with Gasteiger partial charge in [-0.25, -0.2) is 0 Å². The third-order valence-electron chi connectivity index (χ3n) is 4.23. The molecule has 1 aliphatic rings. The lowest BCUT2D eigenvalue weighted by Gasteiger charge is -2.29. The van der Waals surface area contributed by atoms with Gasteiger partial charge < -0.3 is 9.64 Å². The van der Waals surface area contributed by atoms with Crippen molar-refractivity contribution in [2.24, 2.45) is 0 Å². The van der Waals surface area contributed by atoms with E-state index in [4.69, 9.17) is 17.0 Å². The van der Waals surface area contributed by atoms with Crippen LogP contribution in [-0.2, 0) is 9.59 Å². The summed E-state index contributed by atoms with van der Waals surface area (Å²) in [6, 6.07) is 14.5. The van der Waals surface area contributed by atoms with Crippen molar-refractivity contribution in [1.82, 2.24) is 5.32 Å². The molecule has 0 unspecified atom stereocenters. The van der Waals surface area contributed by atoms with Crippen molar-refractivity contribution < 1.29 is 14.3 Å². The molecule has 2 amide bonds. The fourth-order valence-electron chi connectivity index (χ4n) is 2.79. The molecule has 7 heteroatoms. The van der Waals surface area contributed by atoms with Gasteiger partial charge in [0.25, 0.3) is 11.8 Å². The zero-order chi connectivity index (χ0) is 20.3. The summed E-state index contributed by atoms with van der Waals surface area (Å²) < 4.78 is 5.42. The molecule has 0 atom stereocenters. The fourth-order valence-corrected chi connectivity index (χ4v) is 3.07. The van der Waals surface area contributed by atoms with E-state index in [0.717, 1.165) is 11.3 Å². The first-order chi connectivity index (χ1) is 13.4. The highest BCUT2D eigenvalue weighted by molar-refractivity contribution is 7.80. The molecule has 0 bridgehead atoms. The molecule has 0 spiro atoms. The molecule has 0 aromatic heterocycles. The van der Waals surface area contributed by atoms with Gasteiger partial charge in [0.1, 0.15) is 11.3 Å². The largest absolute Gasteiger partial charge is 0.494 e. The van der Waals surface area contributed by atoms with Gasteiger partial charge in [-0.2, -0.15) is 0 Å². The smallest absolute Gasteiger partial charge is 0.270 e. The van der Waals surface area contributed by atoms with Gasteiger partial charge in [-0.15, -0.1) is 0 Å². The second-order valence-electron chi connectivity index (χ2n) is 6.37. The van der Waals surface area contributed by atoms with Crippen molar-refractivity contribution in [3.63, 3.8) is 0 Å². The van der Waals surface area contributed by atoms with Crippen molar-refractivity contribution in [1.29, 1.82) is 0 Å². The number of benzene rings is 2. The summed E-state index contributed by atoms with van der Waals surface area (Å²) in [7, 11) is 3.89. The number of nitrogens with one attached hydrogen (secondary N) is 1. The first kappa shape index (κ1) is 19.6. The van der Waals surface area contributed by atoms with Crippen LogP contribution < -0.4 is 19.9 Å². The topological polar surface area (TPSA) is 61.9 Å². The second kappa shape index (κ2) is 8.22. The molecule has 6 nitrogen and oxygen atoms in total. The van der Waals surface area contributed by atoms with Crippen LogP contribution in [0.3, 0.4) is 0 Å². The van der Waals surface area contributed by atoms with E-state index in [1.54, 1.807) is 30.3 Å². The molecule has 1 fully saturated rings. The molecule has 1 saturated heterocycles. The first-order valence-corrected chi connectivity index (χ1v) is 9.23. The minimum absolute atomic E-state index is 0.0279. The molecule has 1 aliphatic heterocycles. The normalized spacial score (nSPS) is 15.6. The summed E-state index contributed by atoms with van der Waals surface area (Å²) >= 11 is 5.22. The van der Waals surface area contributed by atoms with E-state index < -0.39 is 11.8 Å². The summed E-state index contributed by atoms with van der Waals surface area (Å²) in [5.41, 5.74) is 2.37. The fraction of sp³-hybridized carbons (Fsp3) is 0.190. The number of anilines is 2. The molecule has 2 aromatic carbocycles. The van der Waals surface area contributed by atoms with Crippen molar-refractivity contribution in [3.05, 3.63) is 59.7 Å². The minimum Gasteiger partial charge on any atom is -0.494 e. The van der Waals surface area contributed by atoms with Gasteiger partial charge in [0, 0.05) is 19.8 Å². The van der Waals surface area contributed by atoms with Crippen LogP contribution in [0.25, 0.3) is 6.08 Å². The third kappa shape index (κ3) is 4.04. The van der Waals surface area contributed by atoms with Gasteiger partial charge in [0.2, 0.25) is 0 Å². The molecule has 1 N–H and O–H groups in total. The number of amides is 2. The zero-order valence-electron chi connectivity index (χ0n) is 15.9. The van der Waals surface area contributed by atoms with E-state index in [9.17, 15) is 9.59 Å². The Kier molecular flexibility index (Phi) is 5.75. The zero-order valence-corrected chi connectivity index (χ0v) is 16.7. The Hall–Kier alpha value is -3.19. The van der Waals surface area contributed by atoms with Crippen molar-refractivity contribution >= 4 is 46.6 Å². The Labute approximate surface area is 169 Å². The second-order valence-corrected chi connectivity index (χ2v) is 6.76. The van der Waals surface area contributed by atoms with Crippen molar-refractivity contribution in [2.75, 3.05) is 30.5 Å². The van der Waals surface area contributed by atoms with Gasteiger partial charge in [-0.1, -0.05) is 12.1 Å². The average Bonchev–Trinajstić information content (AvgIpc) is 2.67. The summed E-state index contributed by atoms with van der Waals surface area (Å²) in [4.78, 5) is 28.7. The molecule has 1 heterocycles. The molecule has 28 heavy (non-hydrogen) atoms. The number of hydrogen-bond acceptors (Lipinski definition) is 5. The van der Waals surface area contributed by atoms with Crippen LogP contribution in [0.15, 0.2) is 54.1 Å². The number of rotatable bonds is 5. The van der Waals surface area contributed by atoms with E-state index in [0.29, 0.717) is 18.0 Å². The molecule has 2 aromatic rings. The Morgan fingerprint density at radius 2 is 1.71 bits per heavy atom. The van der Waals surface area contributed by atoms with Gasteiger partial charge in [-0.05, 0) is 67.2 Å². The van der Waals surface area contributed by atoms with E-state index in [-0.39, 0.29) is 10.7 Å². The maximum atomic E-state index is 13.0. The Morgan fingerprint density at radius 1 is 1.07 bits per heavy atom. The lowest BCUT2D eigenvalue weighted by molar-refractivity contribution is -0.122. The summed E-state index contributed by atoms with van der Waals surface area (Å²) in [5, 5.41) is 2.64. The van der Waals surface area contributed by atoms with Crippen LogP contribution in [0.5, 0.6) is 5.75 Å². The lowest BCUT2D eigenvalue weighted by Crippen LogP contribution is -2.54. The molecular formula is C21H21N3O3S. The third-order valence-corrected chi connectivity index (χ3v) is 4.51. The monoisotopic (exact) mass is 395 g/mol. The number of thiocarbonyl (C=S) groups is 1. The van der Waals surface area contributed by atoms with Crippen molar-refractivity contribution in [3.8, 4) is 5.75 Å². The van der Waals surface area contributed by atoms with Crippen molar-refractivity contribution in [2.45, 2.75) is 6.92 Å². The molecule has 0 radical (unpaired) electrons.